The van der Waals surface area contributed by atoms with Crippen molar-refractivity contribution in [3.8, 4) is 0 Å². The van der Waals surface area contributed by atoms with Crippen molar-refractivity contribution in [1.29, 1.82) is 0 Å². The molecule has 0 radical (unpaired) electrons. The predicted molar refractivity (Wildman–Crippen MR) is 64.2 cm³/mol. The number of hydrogen-bond donors (Lipinski definition) is 1. The smallest absolute Gasteiger partial charge is 0.408 e. The Bertz CT molecular complexity index is 672. The number of nitrogens with zero attached hydrogens (tertiary/aromatic N) is 1. The van der Waals surface area contributed by atoms with Crippen LogP contribution in [0.25, 0.3) is 11.1 Å². The van der Waals surface area contributed by atoms with E-state index < -0.39 is 24.4 Å². The summed E-state index contributed by atoms with van der Waals surface area (Å²) in [4.78, 5) is 22.8. The van der Waals surface area contributed by atoms with Crippen LogP contribution in [0.15, 0.2) is 33.5 Å². The molecule has 0 aliphatic rings. The van der Waals surface area contributed by atoms with E-state index in [-0.39, 0.29) is 13.0 Å². The topological polar surface area (TPSA) is 64.2 Å². The number of fused-ring (bicyclic) bond motifs is 1. The molecule has 0 spiro atoms. The normalized spacial score (nSPS) is 11.8. The fourth-order valence-corrected chi connectivity index (χ4v) is 1.73. The summed E-state index contributed by atoms with van der Waals surface area (Å²) in [6, 6.07) is 6.61. The number of alkyl halides is 3. The molecule has 2 aromatic rings. The van der Waals surface area contributed by atoms with Crippen molar-refractivity contribution in [1.82, 2.24) is 9.88 Å². The summed E-state index contributed by atoms with van der Waals surface area (Å²) < 4.78 is 41.9. The van der Waals surface area contributed by atoms with Gasteiger partial charge in [-0.15, -0.1) is 0 Å². The first-order valence-corrected chi connectivity index (χ1v) is 5.78. The lowest BCUT2D eigenvalue weighted by molar-refractivity contribution is -0.138. The number of carbonyl (C=O) groups is 1. The van der Waals surface area contributed by atoms with E-state index >= 15 is 0 Å². The molecule has 1 aromatic heterocycles. The van der Waals surface area contributed by atoms with Crippen molar-refractivity contribution in [3.63, 3.8) is 0 Å². The van der Waals surface area contributed by atoms with E-state index in [0.29, 0.717) is 11.1 Å². The number of para-hydroxylation sites is 2. The van der Waals surface area contributed by atoms with Gasteiger partial charge in [0.05, 0.1) is 5.52 Å². The Balaban J connectivity index is 2.01. The van der Waals surface area contributed by atoms with Crippen LogP contribution in [0.2, 0.25) is 0 Å². The fourth-order valence-electron chi connectivity index (χ4n) is 1.73. The third kappa shape index (κ3) is 3.40. The Morgan fingerprint density at radius 1 is 1.30 bits per heavy atom. The second-order valence-corrected chi connectivity index (χ2v) is 4.13. The van der Waals surface area contributed by atoms with Crippen LogP contribution in [-0.4, -0.2) is 23.2 Å². The van der Waals surface area contributed by atoms with Gasteiger partial charge in [0.15, 0.2) is 5.58 Å². The van der Waals surface area contributed by atoms with E-state index in [1.807, 2.05) is 0 Å². The Kier molecular flexibility index (Phi) is 3.82. The van der Waals surface area contributed by atoms with Crippen molar-refractivity contribution in [3.05, 3.63) is 34.8 Å². The maximum atomic E-state index is 11.9. The zero-order valence-electron chi connectivity index (χ0n) is 10.2. The highest BCUT2D eigenvalue weighted by Gasteiger charge is 2.27. The van der Waals surface area contributed by atoms with Crippen molar-refractivity contribution in [2.75, 3.05) is 6.54 Å². The first-order chi connectivity index (χ1) is 9.37. The van der Waals surface area contributed by atoms with E-state index in [1.165, 1.54) is 4.57 Å². The number of carbonyl (C=O) groups excluding carboxylic acids is 1. The van der Waals surface area contributed by atoms with Crippen molar-refractivity contribution >= 4 is 17.0 Å². The van der Waals surface area contributed by atoms with Gasteiger partial charge in [-0.2, -0.15) is 13.2 Å². The van der Waals surface area contributed by atoms with Crippen molar-refractivity contribution < 1.29 is 22.4 Å². The zero-order chi connectivity index (χ0) is 14.8. The highest BCUT2D eigenvalue weighted by Crippen LogP contribution is 2.13. The van der Waals surface area contributed by atoms with Crippen molar-refractivity contribution in [2.45, 2.75) is 19.1 Å². The molecule has 0 unspecified atom stereocenters. The molecule has 20 heavy (non-hydrogen) atoms. The van der Waals surface area contributed by atoms with Gasteiger partial charge in [-0.25, -0.2) is 4.79 Å². The minimum Gasteiger partial charge on any atom is -0.408 e. The molecule has 108 valence electrons. The molecule has 0 saturated heterocycles. The van der Waals surface area contributed by atoms with E-state index in [2.05, 4.69) is 0 Å². The third-order valence-electron chi connectivity index (χ3n) is 2.62. The van der Waals surface area contributed by atoms with Gasteiger partial charge in [-0.1, -0.05) is 12.1 Å². The first-order valence-electron chi connectivity index (χ1n) is 5.78. The van der Waals surface area contributed by atoms with Gasteiger partial charge >= 0.3 is 11.9 Å². The summed E-state index contributed by atoms with van der Waals surface area (Å²) in [7, 11) is 0. The molecule has 8 heteroatoms. The molecular formula is C12H11F3N2O3. The molecule has 0 bridgehead atoms. The average Bonchev–Trinajstić information content (AvgIpc) is 2.69. The lowest BCUT2D eigenvalue weighted by Gasteiger charge is -2.08. The van der Waals surface area contributed by atoms with E-state index in [4.69, 9.17) is 4.42 Å². The molecule has 1 aromatic carbocycles. The van der Waals surface area contributed by atoms with Gasteiger partial charge in [0.25, 0.3) is 0 Å². The zero-order valence-corrected chi connectivity index (χ0v) is 10.2. The second kappa shape index (κ2) is 5.40. The minimum atomic E-state index is -4.45. The number of halogens is 3. The van der Waals surface area contributed by atoms with Crippen LogP contribution < -0.4 is 11.1 Å². The number of aromatic nitrogens is 1. The quantitative estimate of drug-likeness (QED) is 0.930. The summed E-state index contributed by atoms with van der Waals surface area (Å²) in [6.07, 6.45) is -4.69. The largest absolute Gasteiger partial charge is 0.419 e. The monoisotopic (exact) mass is 288 g/mol. The highest BCUT2D eigenvalue weighted by atomic mass is 19.4. The van der Waals surface area contributed by atoms with Gasteiger partial charge in [-0.3, -0.25) is 9.36 Å². The molecule has 0 saturated carbocycles. The van der Waals surface area contributed by atoms with E-state index in [9.17, 15) is 22.8 Å². The molecule has 5 nitrogen and oxygen atoms in total. The number of benzene rings is 1. The molecular weight excluding hydrogens is 277 g/mol. The third-order valence-corrected chi connectivity index (χ3v) is 2.62. The summed E-state index contributed by atoms with van der Waals surface area (Å²) >= 11 is 0. The molecule has 1 N–H and O–H groups in total. The maximum absolute atomic E-state index is 11.9. The fraction of sp³-hybridized carbons (Fsp3) is 0.333. The summed E-state index contributed by atoms with van der Waals surface area (Å²) in [5, 5.41) is 1.74. The summed E-state index contributed by atoms with van der Waals surface area (Å²) in [5.41, 5.74) is 0.870. The molecule has 1 amide bonds. The number of oxazole rings is 1. The molecule has 0 fully saturated rings. The van der Waals surface area contributed by atoms with Crippen LogP contribution >= 0.6 is 0 Å². The average molecular weight is 288 g/mol. The van der Waals surface area contributed by atoms with Crippen LogP contribution in [0.1, 0.15) is 6.42 Å². The summed E-state index contributed by atoms with van der Waals surface area (Å²) in [5.74, 6) is -1.42. The second-order valence-electron chi connectivity index (χ2n) is 4.13. The Morgan fingerprint density at radius 2 is 2.00 bits per heavy atom. The lowest BCUT2D eigenvalue weighted by Crippen LogP contribution is -2.34. The van der Waals surface area contributed by atoms with Crippen LogP contribution in [0.5, 0.6) is 0 Å². The number of rotatable bonds is 4. The number of hydrogen-bond acceptors (Lipinski definition) is 3. The lowest BCUT2D eigenvalue weighted by atomic mass is 10.3. The van der Waals surface area contributed by atoms with E-state index in [0.717, 1.165) is 0 Å². The minimum absolute atomic E-state index is 0.0421. The van der Waals surface area contributed by atoms with Crippen LogP contribution in [-0.2, 0) is 11.3 Å². The molecule has 2 rings (SSSR count). The maximum Gasteiger partial charge on any atom is 0.419 e. The standard InChI is InChI=1S/C12H11F3N2O3/c13-12(14,15)7-16-10(18)5-6-17-8-3-1-2-4-9(8)20-11(17)19/h1-4H,5-7H2,(H,16,18). The highest BCUT2D eigenvalue weighted by molar-refractivity contribution is 5.76. The number of amides is 1. The van der Waals surface area contributed by atoms with Crippen LogP contribution in [0.3, 0.4) is 0 Å². The Labute approximate surface area is 111 Å². The first kappa shape index (κ1) is 14.2. The van der Waals surface area contributed by atoms with E-state index in [1.54, 1.807) is 29.6 Å². The molecule has 0 aliphatic heterocycles. The van der Waals surface area contributed by atoms with Gasteiger partial charge < -0.3 is 9.73 Å². The van der Waals surface area contributed by atoms with Gasteiger partial charge in [0.2, 0.25) is 5.91 Å². The number of aryl methyl sites for hydroxylation is 1. The van der Waals surface area contributed by atoms with Gasteiger partial charge in [0.1, 0.15) is 6.54 Å². The Hall–Kier alpha value is -2.25. The van der Waals surface area contributed by atoms with Gasteiger partial charge in [-0.05, 0) is 12.1 Å². The number of nitrogens with one attached hydrogen (secondary N) is 1. The van der Waals surface area contributed by atoms with Crippen molar-refractivity contribution in [2.24, 2.45) is 0 Å². The SMILES string of the molecule is O=C(CCn1c(=O)oc2ccccc21)NCC(F)(F)F. The van der Waals surface area contributed by atoms with Gasteiger partial charge in [0, 0.05) is 13.0 Å². The molecule has 1 heterocycles. The molecule has 0 aliphatic carbocycles. The summed E-state index contributed by atoms with van der Waals surface area (Å²) in [6.45, 7) is -1.42. The Morgan fingerprint density at radius 3 is 2.70 bits per heavy atom. The van der Waals surface area contributed by atoms with Crippen LogP contribution in [0, 0.1) is 0 Å². The molecule has 0 atom stereocenters. The predicted octanol–water partition coefficient (Wildman–Crippen LogP) is 1.66. The van der Waals surface area contributed by atoms with Crippen LogP contribution in [0.4, 0.5) is 13.2 Å².